The molecule has 3 heterocycles. The number of thioether (sulfide) groups is 1. The Balaban J connectivity index is 1.62. The molecule has 0 saturated heterocycles. The largest absolute Gasteiger partial charge is 0.431 e. The van der Waals surface area contributed by atoms with Crippen LogP contribution < -0.4 is 0 Å². The van der Waals surface area contributed by atoms with Crippen molar-refractivity contribution < 1.29 is 4.42 Å². The highest BCUT2D eigenvalue weighted by Crippen LogP contribution is 2.29. The minimum Gasteiger partial charge on any atom is -0.431 e. The van der Waals surface area contributed by atoms with Crippen LogP contribution in [-0.4, -0.2) is 14.4 Å². The zero-order valence-electron chi connectivity index (χ0n) is 11.2. The lowest BCUT2D eigenvalue weighted by Crippen LogP contribution is -1.84. The number of hydrogen-bond acceptors (Lipinski definition) is 4. The Morgan fingerprint density at radius 3 is 2.82 bits per heavy atom. The zero-order valence-corrected chi connectivity index (χ0v) is 13.5. The van der Waals surface area contributed by atoms with Crippen LogP contribution in [0.2, 0.25) is 10.2 Å². The van der Waals surface area contributed by atoms with Crippen LogP contribution in [0.25, 0.3) is 16.7 Å². The summed E-state index contributed by atoms with van der Waals surface area (Å²) in [6.07, 6.45) is 1.75. The number of para-hydroxylation sites is 2. The second-order valence-electron chi connectivity index (χ2n) is 4.66. The second kappa shape index (κ2) is 5.50. The molecule has 0 aliphatic rings. The highest BCUT2D eigenvalue weighted by Gasteiger charge is 2.13. The first-order chi connectivity index (χ1) is 10.7. The molecule has 0 atom stereocenters. The maximum absolute atomic E-state index is 6.35. The fourth-order valence-electron chi connectivity index (χ4n) is 2.17. The summed E-state index contributed by atoms with van der Waals surface area (Å²) in [6.45, 7) is 0. The Morgan fingerprint density at radius 2 is 1.95 bits per heavy atom. The van der Waals surface area contributed by atoms with Crippen molar-refractivity contribution in [3.63, 3.8) is 0 Å². The maximum atomic E-state index is 6.35. The molecule has 0 spiro atoms. The van der Waals surface area contributed by atoms with Crippen molar-refractivity contribution in [2.45, 2.75) is 11.0 Å². The van der Waals surface area contributed by atoms with Crippen molar-refractivity contribution in [1.82, 2.24) is 14.4 Å². The smallest absolute Gasteiger partial charge is 0.257 e. The third kappa shape index (κ3) is 2.45. The number of rotatable bonds is 3. The van der Waals surface area contributed by atoms with E-state index in [1.165, 1.54) is 11.8 Å². The first-order valence-electron chi connectivity index (χ1n) is 6.51. The summed E-state index contributed by atoms with van der Waals surface area (Å²) in [5.41, 5.74) is 3.16. The summed E-state index contributed by atoms with van der Waals surface area (Å²) < 4.78 is 7.45. The minimum atomic E-state index is 0.557. The fourth-order valence-corrected chi connectivity index (χ4v) is 3.43. The molecular weight excluding hydrogens is 341 g/mol. The van der Waals surface area contributed by atoms with Crippen LogP contribution >= 0.6 is 35.0 Å². The Bertz CT molecular complexity index is 946. The number of oxazole rings is 1. The van der Waals surface area contributed by atoms with E-state index >= 15 is 0 Å². The monoisotopic (exact) mass is 349 g/mol. The average Bonchev–Trinajstić information content (AvgIpc) is 3.07. The molecule has 0 amide bonds. The number of nitrogens with zero attached hydrogens (tertiary/aromatic N) is 3. The van der Waals surface area contributed by atoms with E-state index in [1.54, 1.807) is 16.7 Å². The molecule has 0 fully saturated rings. The van der Waals surface area contributed by atoms with Gasteiger partial charge in [-0.25, -0.2) is 9.97 Å². The van der Waals surface area contributed by atoms with Gasteiger partial charge in [0.05, 0.1) is 10.7 Å². The highest BCUT2D eigenvalue weighted by atomic mass is 35.5. The predicted octanol–water partition coefficient (Wildman–Crippen LogP) is 5.07. The fraction of sp³-hybridized carbons (Fsp3) is 0.0667. The van der Waals surface area contributed by atoms with Crippen LogP contribution in [0.15, 0.2) is 52.2 Å². The van der Waals surface area contributed by atoms with Crippen LogP contribution in [0, 0.1) is 0 Å². The average molecular weight is 350 g/mol. The lowest BCUT2D eigenvalue weighted by atomic mass is 10.3. The summed E-state index contributed by atoms with van der Waals surface area (Å²) in [7, 11) is 0. The Labute approximate surface area is 140 Å². The lowest BCUT2D eigenvalue weighted by Gasteiger charge is -1.96. The van der Waals surface area contributed by atoms with E-state index < -0.39 is 0 Å². The van der Waals surface area contributed by atoms with E-state index in [0.29, 0.717) is 21.2 Å². The van der Waals surface area contributed by atoms with Gasteiger partial charge in [0.1, 0.15) is 16.3 Å². The van der Waals surface area contributed by atoms with E-state index in [0.717, 1.165) is 22.4 Å². The van der Waals surface area contributed by atoms with Gasteiger partial charge >= 0.3 is 0 Å². The normalized spacial score (nSPS) is 11.5. The van der Waals surface area contributed by atoms with Gasteiger partial charge in [-0.3, -0.25) is 4.40 Å². The molecule has 4 rings (SSSR count). The molecule has 0 unspecified atom stereocenters. The van der Waals surface area contributed by atoms with Crippen LogP contribution in [-0.2, 0) is 5.75 Å². The van der Waals surface area contributed by atoms with E-state index in [9.17, 15) is 0 Å². The predicted molar refractivity (Wildman–Crippen MR) is 88.8 cm³/mol. The summed E-state index contributed by atoms with van der Waals surface area (Å²) in [6, 6.07) is 11.3. The van der Waals surface area contributed by atoms with Gasteiger partial charge in [0.25, 0.3) is 5.22 Å². The van der Waals surface area contributed by atoms with Crippen molar-refractivity contribution >= 4 is 51.7 Å². The molecule has 0 aliphatic carbocycles. The third-order valence-electron chi connectivity index (χ3n) is 3.20. The van der Waals surface area contributed by atoms with Crippen LogP contribution in [0.4, 0.5) is 0 Å². The number of imidazole rings is 1. The van der Waals surface area contributed by atoms with Gasteiger partial charge in [0.15, 0.2) is 5.58 Å². The molecule has 110 valence electrons. The number of aromatic nitrogens is 3. The van der Waals surface area contributed by atoms with Crippen LogP contribution in [0.5, 0.6) is 0 Å². The number of hydrogen-bond donors (Lipinski definition) is 0. The van der Waals surface area contributed by atoms with Crippen molar-refractivity contribution in [2.24, 2.45) is 0 Å². The molecule has 7 heteroatoms. The second-order valence-corrected chi connectivity index (χ2v) is 6.38. The molecule has 0 saturated carbocycles. The Hall–Kier alpha value is -1.69. The van der Waals surface area contributed by atoms with Crippen molar-refractivity contribution in [3.05, 3.63) is 58.5 Å². The molecule has 3 aromatic heterocycles. The van der Waals surface area contributed by atoms with Gasteiger partial charge in [0.2, 0.25) is 0 Å². The molecule has 1 aromatic carbocycles. The molecule has 4 aromatic rings. The summed E-state index contributed by atoms with van der Waals surface area (Å²) in [5.74, 6) is 0.574. The number of fused-ring (bicyclic) bond motifs is 2. The summed E-state index contributed by atoms with van der Waals surface area (Å²) in [5, 5.41) is 1.78. The van der Waals surface area contributed by atoms with E-state index in [1.807, 2.05) is 30.3 Å². The maximum Gasteiger partial charge on any atom is 0.257 e. The minimum absolute atomic E-state index is 0.557. The summed E-state index contributed by atoms with van der Waals surface area (Å²) in [4.78, 5) is 8.93. The lowest BCUT2D eigenvalue weighted by molar-refractivity contribution is 0.489. The standard InChI is InChI=1S/C15H9Cl2N3OS/c16-9-5-6-13-18-11(14(17)20(13)7-9)8-22-15-19-10-3-1-2-4-12(10)21-15/h1-7H,8H2. The first kappa shape index (κ1) is 13.9. The Morgan fingerprint density at radius 1 is 1.09 bits per heavy atom. The quantitative estimate of drug-likeness (QED) is 0.484. The van der Waals surface area contributed by atoms with Gasteiger partial charge in [-0.1, -0.05) is 47.1 Å². The van der Waals surface area contributed by atoms with Gasteiger partial charge in [-0.2, -0.15) is 0 Å². The van der Waals surface area contributed by atoms with E-state index in [2.05, 4.69) is 9.97 Å². The van der Waals surface area contributed by atoms with Crippen molar-refractivity contribution in [3.8, 4) is 0 Å². The molecular formula is C15H9Cl2N3OS. The number of benzene rings is 1. The SMILES string of the molecule is Clc1ccc2nc(CSc3nc4ccccc4o3)c(Cl)n2c1. The van der Waals surface area contributed by atoms with E-state index in [4.69, 9.17) is 27.6 Å². The van der Waals surface area contributed by atoms with Gasteiger partial charge in [0, 0.05) is 11.9 Å². The number of pyridine rings is 1. The van der Waals surface area contributed by atoms with Gasteiger partial charge < -0.3 is 4.42 Å². The van der Waals surface area contributed by atoms with Crippen molar-refractivity contribution in [2.75, 3.05) is 0 Å². The molecule has 22 heavy (non-hydrogen) atoms. The van der Waals surface area contributed by atoms with Gasteiger partial charge in [-0.15, -0.1) is 0 Å². The zero-order chi connectivity index (χ0) is 15.1. The molecule has 0 aliphatic heterocycles. The highest BCUT2D eigenvalue weighted by molar-refractivity contribution is 7.98. The molecule has 0 N–H and O–H groups in total. The molecule has 4 nitrogen and oxygen atoms in total. The van der Waals surface area contributed by atoms with Crippen LogP contribution in [0.1, 0.15) is 5.69 Å². The number of halogens is 2. The Kier molecular flexibility index (Phi) is 3.48. The summed E-state index contributed by atoms with van der Waals surface area (Å²) >= 11 is 13.8. The molecule has 0 radical (unpaired) electrons. The van der Waals surface area contributed by atoms with Crippen LogP contribution in [0.3, 0.4) is 0 Å². The van der Waals surface area contributed by atoms with Gasteiger partial charge in [-0.05, 0) is 24.3 Å². The molecule has 0 bridgehead atoms. The van der Waals surface area contributed by atoms with Crippen molar-refractivity contribution in [1.29, 1.82) is 0 Å². The third-order valence-corrected chi connectivity index (χ3v) is 4.66. The first-order valence-corrected chi connectivity index (χ1v) is 8.25. The van der Waals surface area contributed by atoms with E-state index in [-0.39, 0.29) is 0 Å². The topological polar surface area (TPSA) is 43.3 Å².